The van der Waals surface area contributed by atoms with Crippen LogP contribution >= 0.6 is 11.6 Å². The van der Waals surface area contributed by atoms with Gasteiger partial charge in [-0.1, -0.05) is 18.5 Å². The van der Waals surface area contributed by atoms with Crippen LogP contribution in [0.3, 0.4) is 0 Å². The summed E-state index contributed by atoms with van der Waals surface area (Å²) in [6.45, 7) is 2.18. The minimum Gasteiger partial charge on any atom is -0.399 e. The molecule has 1 aliphatic rings. The lowest BCUT2D eigenvalue weighted by Crippen LogP contribution is -2.41. The van der Waals surface area contributed by atoms with Gasteiger partial charge in [-0.05, 0) is 54.3 Å². The maximum atomic E-state index is 6.06. The molecule has 0 unspecified atom stereocenters. The molecule has 0 aliphatic heterocycles. The minimum absolute atomic E-state index is 0.0654. The van der Waals surface area contributed by atoms with E-state index in [-0.39, 0.29) is 5.54 Å². The Kier molecular flexibility index (Phi) is 2.93. The molecular weight excluding hydrogens is 262 g/mol. The van der Waals surface area contributed by atoms with Gasteiger partial charge < -0.3 is 5.73 Å². The van der Waals surface area contributed by atoms with Gasteiger partial charge in [-0.25, -0.2) is 4.68 Å². The lowest BCUT2D eigenvalue weighted by atomic mass is 9.75. The molecule has 100 valence electrons. The van der Waals surface area contributed by atoms with Gasteiger partial charge >= 0.3 is 0 Å². The molecule has 0 radical (unpaired) electrons. The van der Waals surface area contributed by atoms with Crippen LogP contribution in [0.5, 0.6) is 0 Å². The number of hydrogen-bond acceptors (Lipinski definition) is 4. The van der Waals surface area contributed by atoms with Crippen LogP contribution in [0.15, 0.2) is 18.2 Å². The maximum absolute atomic E-state index is 6.06. The van der Waals surface area contributed by atoms with Crippen molar-refractivity contribution < 1.29 is 0 Å². The Morgan fingerprint density at radius 1 is 1.37 bits per heavy atom. The van der Waals surface area contributed by atoms with Crippen LogP contribution in [-0.2, 0) is 5.54 Å². The molecule has 0 spiro atoms. The Balaban J connectivity index is 2.09. The molecule has 0 saturated heterocycles. The number of nitrogen functional groups attached to an aromatic ring is 1. The Morgan fingerprint density at radius 3 is 2.74 bits per heavy atom. The van der Waals surface area contributed by atoms with Gasteiger partial charge in [0.2, 0.25) is 0 Å². The summed E-state index contributed by atoms with van der Waals surface area (Å²) in [5, 5.41) is 12.8. The zero-order valence-electron chi connectivity index (χ0n) is 10.8. The summed E-state index contributed by atoms with van der Waals surface area (Å²) in [6.07, 6.45) is 4.50. The molecular formula is C13H16ClN5. The zero-order chi connectivity index (χ0) is 13.5. The van der Waals surface area contributed by atoms with Gasteiger partial charge in [0.05, 0.1) is 5.54 Å². The van der Waals surface area contributed by atoms with Crippen molar-refractivity contribution >= 4 is 17.3 Å². The summed E-state index contributed by atoms with van der Waals surface area (Å²) in [5.41, 5.74) is 7.40. The zero-order valence-corrected chi connectivity index (χ0v) is 11.6. The summed E-state index contributed by atoms with van der Waals surface area (Å²) in [4.78, 5) is 0. The molecule has 3 rings (SSSR count). The number of nitrogens with two attached hydrogens (primary N) is 1. The van der Waals surface area contributed by atoms with E-state index >= 15 is 0 Å². The first-order chi connectivity index (χ1) is 9.14. The molecule has 1 fully saturated rings. The molecule has 6 heteroatoms. The van der Waals surface area contributed by atoms with E-state index in [9.17, 15) is 0 Å². The largest absolute Gasteiger partial charge is 0.399 e. The topological polar surface area (TPSA) is 69.6 Å². The van der Waals surface area contributed by atoms with Gasteiger partial charge in [-0.15, -0.1) is 5.10 Å². The van der Waals surface area contributed by atoms with E-state index in [1.54, 1.807) is 6.07 Å². The van der Waals surface area contributed by atoms with E-state index in [1.165, 1.54) is 6.42 Å². The number of tetrazole rings is 1. The van der Waals surface area contributed by atoms with Gasteiger partial charge in [0.15, 0.2) is 5.82 Å². The standard InChI is InChI=1S/C13H16ClN5/c1-2-13(4-3-5-13)19-12(16-17-18-19)9-6-10(14)8-11(15)7-9/h6-8H,2-5,15H2,1H3. The summed E-state index contributed by atoms with van der Waals surface area (Å²) in [6, 6.07) is 5.43. The highest BCUT2D eigenvalue weighted by Gasteiger charge is 2.40. The van der Waals surface area contributed by atoms with Gasteiger partial charge in [0, 0.05) is 16.3 Å². The molecule has 1 aromatic heterocycles. The van der Waals surface area contributed by atoms with Gasteiger partial charge in [0.25, 0.3) is 0 Å². The van der Waals surface area contributed by atoms with Crippen molar-refractivity contribution in [2.45, 2.75) is 38.1 Å². The predicted molar refractivity (Wildman–Crippen MR) is 74.8 cm³/mol. The van der Waals surface area contributed by atoms with Crippen LogP contribution in [-0.4, -0.2) is 20.2 Å². The van der Waals surface area contributed by atoms with Crippen molar-refractivity contribution in [2.24, 2.45) is 0 Å². The van der Waals surface area contributed by atoms with E-state index in [0.29, 0.717) is 10.7 Å². The SMILES string of the molecule is CCC1(n2nnnc2-c2cc(N)cc(Cl)c2)CCC1. The Labute approximate surface area is 116 Å². The number of halogens is 1. The van der Waals surface area contributed by atoms with Crippen LogP contribution in [0.2, 0.25) is 5.02 Å². The lowest BCUT2D eigenvalue weighted by Gasteiger charge is -2.41. The summed E-state index contributed by atoms with van der Waals surface area (Å²) in [5.74, 6) is 0.746. The molecule has 2 N–H and O–H groups in total. The lowest BCUT2D eigenvalue weighted by molar-refractivity contribution is 0.118. The van der Waals surface area contributed by atoms with Crippen LogP contribution < -0.4 is 5.73 Å². The molecule has 0 amide bonds. The fourth-order valence-corrected chi connectivity index (χ4v) is 2.97. The number of benzene rings is 1. The van der Waals surface area contributed by atoms with Crippen LogP contribution in [0.1, 0.15) is 32.6 Å². The number of rotatable bonds is 3. The normalized spacial score (nSPS) is 17.2. The number of aromatic nitrogens is 4. The highest BCUT2D eigenvalue weighted by molar-refractivity contribution is 6.31. The summed E-state index contributed by atoms with van der Waals surface area (Å²) >= 11 is 6.06. The quantitative estimate of drug-likeness (QED) is 0.876. The van der Waals surface area contributed by atoms with Gasteiger partial charge in [-0.3, -0.25) is 0 Å². The first kappa shape index (κ1) is 12.4. The van der Waals surface area contributed by atoms with Crippen LogP contribution in [0.4, 0.5) is 5.69 Å². The highest BCUT2D eigenvalue weighted by Crippen LogP contribution is 2.43. The van der Waals surface area contributed by atoms with Crippen molar-refractivity contribution in [2.75, 3.05) is 5.73 Å². The summed E-state index contributed by atoms with van der Waals surface area (Å²) in [7, 11) is 0. The molecule has 0 atom stereocenters. The second-order valence-electron chi connectivity index (χ2n) is 5.12. The Hall–Kier alpha value is -1.62. The maximum Gasteiger partial charge on any atom is 0.182 e. The van der Waals surface area contributed by atoms with E-state index in [2.05, 4.69) is 22.4 Å². The van der Waals surface area contributed by atoms with Crippen molar-refractivity contribution in [1.29, 1.82) is 0 Å². The van der Waals surface area contributed by atoms with Crippen molar-refractivity contribution in [3.8, 4) is 11.4 Å². The Morgan fingerprint density at radius 2 is 2.16 bits per heavy atom. The third-order valence-electron chi connectivity index (χ3n) is 4.04. The van der Waals surface area contributed by atoms with E-state index in [0.717, 1.165) is 30.7 Å². The highest BCUT2D eigenvalue weighted by atomic mass is 35.5. The minimum atomic E-state index is 0.0654. The molecule has 1 saturated carbocycles. The molecule has 1 aliphatic carbocycles. The average Bonchev–Trinajstić information content (AvgIpc) is 2.76. The third kappa shape index (κ3) is 1.98. The van der Waals surface area contributed by atoms with Gasteiger partial charge in [-0.2, -0.15) is 0 Å². The molecule has 19 heavy (non-hydrogen) atoms. The average molecular weight is 278 g/mol. The van der Waals surface area contributed by atoms with Gasteiger partial charge in [0.1, 0.15) is 0 Å². The van der Waals surface area contributed by atoms with E-state index < -0.39 is 0 Å². The fraction of sp³-hybridized carbons (Fsp3) is 0.462. The monoisotopic (exact) mass is 277 g/mol. The molecule has 5 nitrogen and oxygen atoms in total. The fourth-order valence-electron chi connectivity index (χ4n) is 2.73. The molecule has 1 aromatic carbocycles. The first-order valence-electron chi connectivity index (χ1n) is 6.50. The number of hydrogen-bond donors (Lipinski definition) is 1. The smallest absolute Gasteiger partial charge is 0.182 e. The van der Waals surface area contributed by atoms with Crippen molar-refractivity contribution in [3.05, 3.63) is 23.2 Å². The van der Waals surface area contributed by atoms with E-state index in [1.807, 2.05) is 16.8 Å². The molecule has 1 heterocycles. The van der Waals surface area contributed by atoms with E-state index in [4.69, 9.17) is 17.3 Å². The predicted octanol–water partition coefficient (Wildman–Crippen LogP) is 2.86. The Bertz CT molecular complexity index is 577. The second-order valence-corrected chi connectivity index (χ2v) is 5.56. The second kappa shape index (κ2) is 4.49. The molecule has 2 aromatic rings. The van der Waals surface area contributed by atoms with Crippen molar-refractivity contribution in [1.82, 2.24) is 20.2 Å². The molecule has 0 bridgehead atoms. The third-order valence-corrected chi connectivity index (χ3v) is 4.26. The van der Waals surface area contributed by atoms with Crippen LogP contribution in [0, 0.1) is 0 Å². The summed E-state index contributed by atoms with van der Waals surface area (Å²) < 4.78 is 1.95. The first-order valence-corrected chi connectivity index (χ1v) is 6.88. The van der Waals surface area contributed by atoms with Crippen molar-refractivity contribution in [3.63, 3.8) is 0 Å². The number of anilines is 1. The van der Waals surface area contributed by atoms with Crippen LogP contribution in [0.25, 0.3) is 11.4 Å². The number of nitrogens with zero attached hydrogens (tertiary/aromatic N) is 4.